The highest BCUT2D eigenvalue weighted by molar-refractivity contribution is 7.86. The zero-order chi connectivity index (χ0) is 35.2. The fourth-order valence-corrected chi connectivity index (χ4v) is 9.81. The molecule has 46 heavy (non-hydrogen) atoms. The molecule has 0 aliphatic heterocycles. The van der Waals surface area contributed by atoms with Gasteiger partial charge in [-0.3, -0.25) is 8.98 Å². The highest BCUT2D eigenvalue weighted by Crippen LogP contribution is 2.52. The van der Waals surface area contributed by atoms with E-state index in [1.54, 1.807) is 0 Å². The number of carbonyl (C=O) groups is 1. The van der Waals surface area contributed by atoms with Gasteiger partial charge in [0.1, 0.15) is 0 Å². The second kappa shape index (κ2) is 16.3. The molecular formula is C36H68O7SSi2. The van der Waals surface area contributed by atoms with Crippen LogP contribution in [-0.2, 0) is 32.7 Å². The molecule has 10 heteroatoms. The predicted molar refractivity (Wildman–Crippen MR) is 195 cm³/mol. The zero-order valence-corrected chi connectivity index (χ0v) is 34.3. The monoisotopic (exact) mass is 700 g/mol. The van der Waals surface area contributed by atoms with E-state index in [0.29, 0.717) is 25.7 Å². The van der Waals surface area contributed by atoms with Gasteiger partial charge in [-0.1, -0.05) is 79.2 Å². The summed E-state index contributed by atoms with van der Waals surface area (Å²) < 4.78 is 49.7. The third-order valence-electron chi connectivity index (χ3n) is 11.7. The highest BCUT2D eigenvalue weighted by atomic mass is 32.2. The van der Waals surface area contributed by atoms with E-state index in [1.165, 1.54) is 26.4 Å². The summed E-state index contributed by atoms with van der Waals surface area (Å²) in [7, 11) is -6.40. The number of hydrogen-bond acceptors (Lipinski definition) is 7. The van der Waals surface area contributed by atoms with Crippen molar-refractivity contribution in [1.82, 2.24) is 0 Å². The van der Waals surface area contributed by atoms with Crippen LogP contribution in [0.15, 0.2) is 24.3 Å². The van der Waals surface area contributed by atoms with Gasteiger partial charge < -0.3 is 13.6 Å². The van der Waals surface area contributed by atoms with Crippen molar-refractivity contribution in [2.75, 3.05) is 13.4 Å². The number of methoxy groups -OCH3 is 1. The molecule has 0 spiro atoms. The van der Waals surface area contributed by atoms with Crippen LogP contribution in [0.25, 0.3) is 0 Å². The van der Waals surface area contributed by atoms with E-state index in [-0.39, 0.29) is 45.5 Å². The van der Waals surface area contributed by atoms with E-state index in [0.717, 1.165) is 25.5 Å². The highest BCUT2D eigenvalue weighted by Gasteiger charge is 2.50. The van der Waals surface area contributed by atoms with E-state index in [1.807, 2.05) is 0 Å². The molecule has 0 saturated heterocycles. The Bertz CT molecular complexity index is 1140. The van der Waals surface area contributed by atoms with Crippen molar-refractivity contribution in [2.24, 2.45) is 17.3 Å². The summed E-state index contributed by atoms with van der Waals surface area (Å²) in [6.07, 6.45) is 18.3. The maximum Gasteiger partial charge on any atom is 0.305 e. The standard InChI is InChI=1S/C36H68O7SSi2/c1-14-36(25-20-26-36)32(43-46(12,13)35(5,6)7)23-19-22-29-28(21-17-15-16-18-24-33(37)40-8)30(41-44(9,38)39)27-31(29)42-45(10,11)34(2,3)4/h15,17,19,22,28-32H,14,16,18,20-21,23-27H2,1-13H3/b17-15+,22-19+/t28-,29-,30+,31-,32?/m1/s1. The Morgan fingerprint density at radius 1 is 0.957 bits per heavy atom. The molecule has 2 rings (SSSR count). The molecular weight excluding hydrogens is 633 g/mol. The number of hydrogen-bond donors (Lipinski definition) is 0. The molecule has 0 radical (unpaired) electrons. The molecule has 0 N–H and O–H groups in total. The minimum atomic E-state index is -3.66. The summed E-state index contributed by atoms with van der Waals surface area (Å²) in [5, 5.41) is 0.150. The first-order valence-corrected chi connectivity index (χ1v) is 25.2. The molecule has 268 valence electrons. The van der Waals surface area contributed by atoms with Crippen LogP contribution in [-0.4, -0.2) is 62.7 Å². The summed E-state index contributed by atoms with van der Waals surface area (Å²) in [6, 6.07) is 0. The molecule has 2 aliphatic carbocycles. The van der Waals surface area contributed by atoms with Crippen LogP contribution < -0.4 is 0 Å². The fourth-order valence-electron chi connectivity index (χ4n) is 6.36. The van der Waals surface area contributed by atoms with Crippen molar-refractivity contribution < 1.29 is 31.0 Å². The molecule has 0 amide bonds. The number of esters is 1. The van der Waals surface area contributed by atoms with Gasteiger partial charge in [-0.25, -0.2) is 0 Å². The Morgan fingerprint density at radius 3 is 2.04 bits per heavy atom. The number of ether oxygens (including phenoxy) is 1. The fraction of sp³-hybridized carbons (Fsp3) is 0.861. The van der Waals surface area contributed by atoms with E-state index >= 15 is 0 Å². The van der Waals surface area contributed by atoms with Crippen molar-refractivity contribution in [2.45, 2.75) is 167 Å². The summed E-state index contributed by atoms with van der Waals surface area (Å²) in [4.78, 5) is 11.5. The van der Waals surface area contributed by atoms with Gasteiger partial charge >= 0.3 is 5.97 Å². The molecule has 5 atom stereocenters. The first-order valence-electron chi connectivity index (χ1n) is 17.6. The molecule has 2 saturated carbocycles. The lowest BCUT2D eigenvalue weighted by Gasteiger charge is -2.51. The van der Waals surface area contributed by atoms with Crippen molar-refractivity contribution in [3.8, 4) is 0 Å². The molecule has 2 fully saturated rings. The molecule has 7 nitrogen and oxygen atoms in total. The molecule has 2 aliphatic rings. The summed E-state index contributed by atoms with van der Waals surface area (Å²) in [5.74, 6) is -0.251. The molecule has 0 heterocycles. The van der Waals surface area contributed by atoms with Gasteiger partial charge in [-0.05, 0) is 92.5 Å². The van der Waals surface area contributed by atoms with Crippen molar-refractivity contribution in [3.05, 3.63) is 24.3 Å². The van der Waals surface area contributed by atoms with E-state index in [4.69, 9.17) is 17.8 Å². The summed E-state index contributed by atoms with van der Waals surface area (Å²) in [5.41, 5.74) is 0.223. The normalized spacial score (nSPS) is 25.2. The number of unbranched alkanes of at least 4 members (excludes halogenated alkanes) is 1. The SMILES string of the molecule is CCC1(C(C/C=C/[C@@H]2[C@@H](C/C=C/CCCC(=O)OC)[C@@H](OS(C)(=O)=O)C[C@H]2O[Si](C)(C)C(C)(C)C)O[Si](C)(C)C(C)(C)C)CCC1. The van der Waals surface area contributed by atoms with Gasteiger partial charge in [0, 0.05) is 18.8 Å². The smallest absolute Gasteiger partial charge is 0.305 e. The summed E-state index contributed by atoms with van der Waals surface area (Å²) in [6.45, 7) is 25.2. The maximum atomic E-state index is 12.5. The Hall–Kier alpha value is -0.786. The average Bonchev–Trinajstić information content (AvgIpc) is 3.17. The topological polar surface area (TPSA) is 88.1 Å². The molecule has 0 aromatic carbocycles. The van der Waals surface area contributed by atoms with Crippen LogP contribution in [0.4, 0.5) is 0 Å². The lowest BCUT2D eigenvalue weighted by atomic mass is 9.63. The maximum absolute atomic E-state index is 12.5. The third kappa shape index (κ3) is 11.4. The molecule has 1 unspecified atom stereocenters. The minimum absolute atomic E-state index is 0.00748. The third-order valence-corrected chi connectivity index (χ3v) is 21.2. The lowest BCUT2D eigenvalue weighted by Crippen LogP contribution is -2.51. The van der Waals surface area contributed by atoms with Crippen molar-refractivity contribution in [1.29, 1.82) is 0 Å². The van der Waals surface area contributed by atoms with Crippen LogP contribution in [0.1, 0.15) is 113 Å². The van der Waals surface area contributed by atoms with Crippen molar-refractivity contribution in [3.63, 3.8) is 0 Å². The van der Waals surface area contributed by atoms with Gasteiger partial charge in [-0.2, -0.15) is 8.42 Å². The first kappa shape index (κ1) is 41.4. The Kier molecular flexibility index (Phi) is 14.6. The molecule has 0 aromatic rings. The van der Waals surface area contributed by atoms with Crippen LogP contribution in [0.3, 0.4) is 0 Å². The van der Waals surface area contributed by atoms with Crippen LogP contribution >= 0.6 is 0 Å². The van der Waals surface area contributed by atoms with Crippen LogP contribution in [0.5, 0.6) is 0 Å². The Morgan fingerprint density at radius 2 is 1.57 bits per heavy atom. The van der Waals surface area contributed by atoms with Crippen LogP contribution in [0, 0.1) is 17.3 Å². The van der Waals surface area contributed by atoms with Gasteiger partial charge in [0.05, 0.1) is 31.7 Å². The second-order valence-corrected chi connectivity index (χ2v) is 28.1. The predicted octanol–water partition coefficient (Wildman–Crippen LogP) is 9.56. The average molecular weight is 701 g/mol. The Balaban J connectivity index is 2.43. The summed E-state index contributed by atoms with van der Waals surface area (Å²) >= 11 is 0. The number of allylic oxidation sites excluding steroid dienone is 2. The number of rotatable bonds is 17. The van der Waals surface area contributed by atoms with Gasteiger partial charge in [0.15, 0.2) is 16.6 Å². The van der Waals surface area contributed by atoms with Crippen molar-refractivity contribution >= 4 is 32.7 Å². The lowest BCUT2D eigenvalue weighted by molar-refractivity contribution is -0.140. The number of carbonyl (C=O) groups excluding carboxylic acids is 1. The minimum Gasteiger partial charge on any atom is -0.469 e. The first-order chi connectivity index (χ1) is 21.0. The van der Waals surface area contributed by atoms with E-state index in [9.17, 15) is 13.2 Å². The molecule has 0 bridgehead atoms. The largest absolute Gasteiger partial charge is 0.469 e. The van der Waals surface area contributed by atoms with Gasteiger partial charge in [0.2, 0.25) is 0 Å². The second-order valence-electron chi connectivity index (χ2n) is 17.0. The van der Waals surface area contributed by atoms with Gasteiger partial charge in [-0.15, -0.1) is 0 Å². The zero-order valence-electron chi connectivity index (χ0n) is 31.5. The van der Waals surface area contributed by atoms with E-state index in [2.05, 4.69) is 99.0 Å². The van der Waals surface area contributed by atoms with Crippen LogP contribution in [0.2, 0.25) is 36.3 Å². The van der Waals surface area contributed by atoms with E-state index < -0.39 is 32.9 Å². The molecule has 0 aromatic heterocycles. The van der Waals surface area contributed by atoms with Gasteiger partial charge in [0.25, 0.3) is 10.1 Å². The Labute approximate surface area is 285 Å². The quantitative estimate of drug-likeness (QED) is 0.0491.